The minimum Gasteiger partial charge on any atom is 2.00 e. The molecule has 0 saturated heterocycles. The zero-order valence-electron chi connectivity index (χ0n) is 14.0. The Bertz CT molecular complexity index is 570. The van der Waals surface area contributed by atoms with Crippen molar-refractivity contribution in [3.8, 4) is 5.75 Å². The summed E-state index contributed by atoms with van der Waals surface area (Å²) in [5.74, 6) is 0.512. The van der Waals surface area contributed by atoms with Crippen LogP contribution in [0.5, 0.6) is 5.75 Å². The van der Waals surface area contributed by atoms with Crippen molar-refractivity contribution in [2.75, 3.05) is 6.61 Å². The molecule has 0 atom stereocenters. The minimum absolute atomic E-state index is 0. The van der Waals surface area contributed by atoms with Crippen LogP contribution in [0.15, 0.2) is 24.3 Å². The summed E-state index contributed by atoms with van der Waals surface area (Å²) in [6, 6.07) is 6.55. The molecule has 1 fully saturated rings. The Hall–Kier alpha value is -1.74. The number of hydrogen-bond acceptors (Lipinski definition) is 4. The largest absolute Gasteiger partial charge is 2.00 e. The normalized spacial score (nSPS) is 12.2. The van der Waals surface area contributed by atoms with Crippen LogP contribution >= 0.6 is 0 Å². The molecule has 0 heterocycles. The van der Waals surface area contributed by atoms with Crippen LogP contribution in [0.25, 0.3) is 0 Å². The number of ether oxygens (including phenoxy) is 2. The Morgan fingerprint density at radius 3 is 2.19 bits per heavy atom. The first kappa shape index (κ1) is 26.5. The van der Waals surface area contributed by atoms with E-state index >= 15 is 0 Å². The van der Waals surface area contributed by atoms with E-state index < -0.39 is 11.9 Å². The quantitative estimate of drug-likeness (QED) is 0.169. The summed E-state index contributed by atoms with van der Waals surface area (Å²) >= 11 is 0. The molecule has 1 aromatic rings. The molecule has 0 N–H and O–H groups in total. The molecular weight excluding hydrogens is 427 g/mol. The topological polar surface area (TPSA) is 92.4 Å². The van der Waals surface area contributed by atoms with Crippen LogP contribution in [-0.2, 0) is 38.3 Å². The number of carbonyl (C=O) groups excluding carboxylic acids is 2. The van der Waals surface area contributed by atoms with Crippen LogP contribution in [0.1, 0.15) is 30.1 Å². The monoisotopic (exact) mass is 444 g/mol. The summed E-state index contributed by atoms with van der Waals surface area (Å²) in [5.41, 5.74) is 0.265. The van der Waals surface area contributed by atoms with Gasteiger partial charge in [-0.1, -0.05) is 12.1 Å². The maximum atomic E-state index is 12.0. The molecule has 1 aromatic carbocycles. The number of benzene rings is 1. The number of para-hydroxylation sites is 1. The van der Waals surface area contributed by atoms with Crippen LogP contribution in [0.2, 0.25) is 0 Å². The van der Waals surface area contributed by atoms with Crippen LogP contribution in [0, 0.1) is 44.9 Å². The fourth-order valence-corrected chi connectivity index (χ4v) is 1.98. The van der Waals surface area contributed by atoms with Crippen molar-refractivity contribution in [2.45, 2.75) is 19.8 Å². The van der Waals surface area contributed by atoms with Gasteiger partial charge in [0.15, 0.2) is 0 Å². The smallest absolute Gasteiger partial charge is 2.00 e. The molecule has 0 aromatic heterocycles. The second kappa shape index (κ2) is 16.7. The predicted molar refractivity (Wildman–Crippen MR) is 85.6 cm³/mol. The zero-order chi connectivity index (χ0) is 19.1. The van der Waals surface area contributed by atoms with Gasteiger partial charge in [0, 0.05) is 6.92 Å². The maximum Gasteiger partial charge on any atom is 2.00 e. The van der Waals surface area contributed by atoms with Crippen LogP contribution < -0.4 is 4.74 Å². The van der Waals surface area contributed by atoms with Gasteiger partial charge in [-0.25, -0.2) is 4.79 Å². The van der Waals surface area contributed by atoms with E-state index in [0.717, 1.165) is 12.8 Å². The van der Waals surface area contributed by atoms with Crippen molar-refractivity contribution in [2.24, 2.45) is 0 Å². The molecule has 0 bridgehead atoms. The van der Waals surface area contributed by atoms with Gasteiger partial charge in [-0.05, 0) is 56.6 Å². The first-order valence-electron chi connectivity index (χ1n) is 7.23. The zero-order valence-corrected chi connectivity index (χ0v) is 15.7. The summed E-state index contributed by atoms with van der Waals surface area (Å²) in [4.78, 5) is 23.0. The average Bonchev–Trinajstić information content (AvgIpc) is 3.15. The predicted octanol–water partition coefficient (Wildman–Crippen LogP) is 2.88. The Kier molecular flexibility index (Phi) is 17.0. The molecular formula is C19H17O6Rh+2. The van der Waals surface area contributed by atoms with E-state index in [0.29, 0.717) is 6.61 Å². The van der Waals surface area contributed by atoms with E-state index in [1.807, 2.05) is 25.7 Å². The third kappa shape index (κ3) is 10.3. The summed E-state index contributed by atoms with van der Waals surface area (Å²) < 4.78 is 25.2. The second-order valence-electron chi connectivity index (χ2n) is 4.62. The van der Waals surface area contributed by atoms with E-state index in [4.69, 9.17) is 18.8 Å². The SMILES string of the molecule is CC(=O)Oc1ccccc1C(=O)OCCC[C]1[CH][CH][CH][CH]1.[C-]#[O+].[C-]#[O+].[Rh+2]. The molecule has 6 radical (unpaired) electrons. The van der Waals surface area contributed by atoms with Crippen LogP contribution in [0.3, 0.4) is 0 Å². The number of rotatable bonds is 6. The Morgan fingerprint density at radius 1 is 1.04 bits per heavy atom. The summed E-state index contributed by atoms with van der Waals surface area (Å²) in [7, 11) is 0. The molecule has 1 aliphatic carbocycles. The fourth-order valence-electron chi connectivity index (χ4n) is 1.98. The van der Waals surface area contributed by atoms with Gasteiger partial charge in [0.2, 0.25) is 0 Å². The number of hydrogen-bond donors (Lipinski definition) is 0. The fraction of sp³-hybridized carbons (Fsp3) is 0.211. The Labute approximate surface area is 166 Å². The molecule has 2 rings (SSSR count). The molecule has 0 aliphatic heterocycles. The van der Waals surface area contributed by atoms with Crippen LogP contribution in [0.4, 0.5) is 0 Å². The van der Waals surface area contributed by atoms with Crippen molar-refractivity contribution in [1.29, 1.82) is 0 Å². The third-order valence-electron chi connectivity index (χ3n) is 2.94. The molecule has 1 aliphatic rings. The number of carbonyl (C=O) groups is 2. The van der Waals surface area contributed by atoms with Gasteiger partial charge in [0.1, 0.15) is 11.3 Å². The van der Waals surface area contributed by atoms with Crippen LogP contribution in [-0.4, -0.2) is 18.5 Å². The molecule has 0 spiro atoms. The van der Waals surface area contributed by atoms with E-state index in [1.54, 1.807) is 24.3 Å². The second-order valence-corrected chi connectivity index (χ2v) is 4.62. The minimum atomic E-state index is -0.477. The van der Waals surface area contributed by atoms with E-state index in [9.17, 15) is 9.59 Å². The maximum absolute atomic E-state index is 12.0. The van der Waals surface area contributed by atoms with Crippen molar-refractivity contribution >= 4 is 11.9 Å². The molecule has 0 amide bonds. The molecule has 0 unspecified atom stereocenters. The standard InChI is InChI=1S/C17H17O4.2CO.Rh/c1-13(18)21-16-11-5-4-10-15(16)17(19)20-12-6-9-14-7-2-3-8-14;2*1-2;/h2-5,7-8,10-11H,6,9,12H2,1H3;;;/q;;;+2. The van der Waals surface area contributed by atoms with Gasteiger partial charge >= 0.3 is 54.0 Å². The third-order valence-corrected chi connectivity index (χ3v) is 2.94. The van der Waals surface area contributed by atoms with Gasteiger partial charge in [-0.15, -0.1) is 0 Å². The van der Waals surface area contributed by atoms with Gasteiger partial charge in [-0.3, -0.25) is 4.79 Å². The van der Waals surface area contributed by atoms with Gasteiger partial charge in [-0.2, -0.15) is 0 Å². The number of esters is 2. The molecule has 1 saturated carbocycles. The van der Waals surface area contributed by atoms with E-state index in [2.05, 4.69) is 13.3 Å². The Balaban J connectivity index is 0. The Morgan fingerprint density at radius 2 is 1.62 bits per heavy atom. The van der Waals surface area contributed by atoms with E-state index in [-0.39, 0.29) is 30.8 Å². The van der Waals surface area contributed by atoms with Crippen molar-refractivity contribution in [3.63, 3.8) is 0 Å². The van der Waals surface area contributed by atoms with Gasteiger partial charge < -0.3 is 9.47 Å². The molecule has 7 heteroatoms. The van der Waals surface area contributed by atoms with Crippen molar-refractivity contribution in [1.82, 2.24) is 0 Å². The van der Waals surface area contributed by atoms with Gasteiger partial charge in [0.05, 0.1) is 6.61 Å². The van der Waals surface area contributed by atoms with Crippen molar-refractivity contribution < 1.29 is 47.8 Å². The molecule has 6 nitrogen and oxygen atoms in total. The average molecular weight is 444 g/mol. The van der Waals surface area contributed by atoms with Gasteiger partial charge in [0.25, 0.3) is 0 Å². The summed E-state index contributed by atoms with van der Waals surface area (Å²) in [6.07, 6.45) is 9.67. The first-order valence-corrected chi connectivity index (χ1v) is 7.23. The van der Waals surface area contributed by atoms with Crippen molar-refractivity contribution in [3.05, 3.63) is 74.7 Å². The molecule has 136 valence electrons. The molecule has 26 heavy (non-hydrogen) atoms. The van der Waals surface area contributed by atoms with E-state index in [1.165, 1.54) is 12.8 Å². The summed E-state index contributed by atoms with van der Waals surface area (Å²) in [5, 5.41) is 0. The summed E-state index contributed by atoms with van der Waals surface area (Å²) in [6.45, 7) is 10.6. The first-order chi connectivity index (χ1) is 12.2.